The maximum absolute atomic E-state index is 5.39. The third-order valence-electron chi connectivity index (χ3n) is 2.96. The first-order chi connectivity index (χ1) is 9.36. The van der Waals surface area contributed by atoms with Gasteiger partial charge in [-0.2, -0.15) is 0 Å². The van der Waals surface area contributed by atoms with Gasteiger partial charge in [0.15, 0.2) is 0 Å². The van der Waals surface area contributed by atoms with Crippen LogP contribution in [0.1, 0.15) is 12.5 Å². The van der Waals surface area contributed by atoms with Gasteiger partial charge >= 0.3 is 0 Å². The molecule has 0 aliphatic carbocycles. The SMILES string of the molecule is CCOCCSc1ccc(COC)c2ccccc12. The van der Waals surface area contributed by atoms with Crippen molar-refractivity contribution in [3.63, 3.8) is 0 Å². The molecular formula is C16H20O2S. The zero-order chi connectivity index (χ0) is 13.5. The van der Waals surface area contributed by atoms with E-state index in [9.17, 15) is 0 Å². The monoisotopic (exact) mass is 276 g/mol. The van der Waals surface area contributed by atoms with Crippen molar-refractivity contribution in [3.05, 3.63) is 42.0 Å². The van der Waals surface area contributed by atoms with Crippen molar-refractivity contribution in [3.8, 4) is 0 Å². The van der Waals surface area contributed by atoms with Gasteiger partial charge in [0.05, 0.1) is 13.2 Å². The second-order valence-electron chi connectivity index (χ2n) is 4.25. The number of ether oxygens (including phenoxy) is 2. The van der Waals surface area contributed by atoms with Gasteiger partial charge in [0.1, 0.15) is 0 Å². The molecule has 2 rings (SSSR count). The minimum atomic E-state index is 0.657. The largest absolute Gasteiger partial charge is 0.381 e. The van der Waals surface area contributed by atoms with E-state index in [1.54, 1.807) is 7.11 Å². The minimum absolute atomic E-state index is 0.657. The lowest BCUT2D eigenvalue weighted by atomic mass is 10.1. The highest BCUT2D eigenvalue weighted by Crippen LogP contribution is 2.30. The van der Waals surface area contributed by atoms with Crippen molar-refractivity contribution < 1.29 is 9.47 Å². The van der Waals surface area contributed by atoms with Crippen molar-refractivity contribution in [2.75, 3.05) is 26.1 Å². The van der Waals surface area contributed by atoms with E-state index in [1.807, 2.05) is 18.7 Å². The van der Waals surface area contributed by atoms with Crippen LogP contribution in [0.15, 0.2) is 41.3 Å². The molecule has 0 aliphatic rings. The molecule has 0 bridgehead atoms. The van der Waals surface area contributed by atoms with Crippen molar-refractivity contribution in [1.82, 2.24) is 0 Å². The van der Waals surface area contributed by atoms with Crippen LogP contribution in [0.2, 0.25) is 0 Å². The van der Waals surface area contributed by atoms with Gasteiger partial charge in [0.25, 0.3) is 0 Å². The van der Waals surface area contributed by atoms with Crippen LogP contribution in [-0.2, 0) is 16.1 Å². The molecule has 0 spiro atoms. The summed E-state index contributed by atoms with van der Waals surface area (Å²) in [4.78, 5) is 1.31. The lowest BCUT2D eigenvalue weighted by Gasteiger charge is -2.10. The van der Waals surface area contributed by atoms with E-state index in [2.05, 4.69) is 36.4 Å². The van der Waals surface area contributed by atoms with Crippen molar-refractivity contribution >= 4 is 22.5 Å². The normalized spacial score (nSPS) is 11.1. The predicted octanol–water partition coefficient (Wildman–Crippen LogP) is 4.11. The van der Waals surface area contributed by atoms with Crippen LogP contribution >= 0.6 is 11.8 Å². The first kappa shape index (κ1) is 14.4. The van der Waals surface area contributed by atoms with Gasteiger partial charge < -0.3 is 9.47 Å². The summed E-state index contributed by atoms with van der Waals surface area (Å²) in [5, 5.41) is 2.59. The zero-order valence-corrected chi connectivity index (χ0v) is 12.3. The van der Waals surface area contributed by atoms with Gasteiger partial charge in [0, 0.05) is 24.4 Å². The Hall–Kier alpha value is -1.03. The molecular weight excluding hydrogens is 256 g/mol. The Bertz CT molecular complexity index is 525. The third-order valence-corrected chi connectivity index (χ3v) is 4.00. The fourth-order valence-electron chi connectivity index (χ4n) is 2.10. The van der Waals surface area contributed by atoms with Crippen molar-refractivity contribution in [1.29, 1.82) is 0 Å². The molecule has 2 aromatic rings. The van der Waals surface area contributed by atoms with Gasteiger partial charge in [-0.3, -0.25) is 0 Å². The van der Waals surface area contributed by atoms with Crippen LogP contribution in [0.25, 0.3) is 10.8 Å². The summed E-state index contributed by atoms with van der Waals surface area (Å²) in [6.07, 6.45) is 0. The lowest BCUT2D eigenvalue weighted by Crippen LogP contribution is -1.96. The van der Waals surface area contributed by atoms with Crippen LogP contribution < -0.4 is 0 Å². The smallest absolute Gasteiger partial charge is 0.0719 e. The second kappa shape index (κ2) is 7.53. The summed E-state index contributed by atoms with van der Waals surface area (Å²) in [6, 6.07) is 12.9. The van der Waals surface area contributed by atoms with E-state index >= 15 is 0 Å². The second-order valence-corrected chi connectivity index (χ2v) is 5.38. The molecule has 102 valence electrons. The van der Waals surface area contributed by atoms with Gasteiger partial charge in [-0.1, -0.05) is 30.3 Å². The summed E-state index contributed by atoms with van der Waals surface area (Å²) in [7, 11) is 1.74. The van der Waals surface area contributed by atoms with E-state index in [1.165, 1.54) is 21.2 Å². The number of benzene rings is 2. The molecule has 0 N–H and O–H groups in total. The molecule has 0 fully saturated rings. The van der Waals surface area contributed by atoms with E-state index in [0.717, 1.165) is 19.0 Å². The maximum Gasteiger partial charge on any atom is 0.0719 e. The summed E-state index contributed by atoms with van der Waals surface area (Å²) in [5.74, 6) is 0.988. The number of hydrogen-bond acceptors (Lipinski definition) is 3. The highest BCUT2D eigenvalue weighted by atomic mass is 32.2. The quantitative estimate of drug-likeness (QED) is 0.560. The highest BCUT2D eigenvalue weighted by Gasteiger charge is 2.05. The molecule has 0 aromatic heterocycles. The Morgan fingerprint density at radius 1 is 1.05 bits per heavy atom. The van der Waals surface area contributed by atoms with Crippen LogP contribution in [-0.4, -0.2) is 26.1 Å². The molecule has 0 saturated heterocycles. The summed E-state index contributed by atoms with van der Waals surface area (Å²) in [6.45, 7) is 4.27. The number of methoxy groups -OCH3 is 1. The topological polar surface area (TPSA) is 18.5 Å². The van der Waals surface area contributed by atoms with E-state index in [-0.39, 0.29) is 0 Å². The van der Waals surface area contributed by atoms with Crippen LogP contribution in [0, 0.1) is 0 Å². The molecule has 3 heteroatoms. The molecule has 2 nitrogen and oxygen atoms in total. The molecule has 0 amide bonds. The Labute approximate surface area is 119 Å². The van der Waals surface area contributed by atoms with Crippen molar-refractivity contribution in [2.45, 2.75) is 18.4 Å². The Morgan fingerprint density at radius 2 is 1.84 bits per heavy atom. The summed E-state index contributed by atoms with van der Waals surface area (Å²) >= 11 is 1.85. The zero-order valence-electron chi connectivity index (χ0n) is 11.5. The first-order valence-corrected chi connectivity index (χ1v) is 7.55. The molecule has 0 saturated carbocycles. The van der Waals surface area contributed by atoms with Gasteiger partial charge in [-0.05, 0) is 29.3 Å². The van der Waals surface area contributed by atoms with E-state index in [0.29, 0.717) is 6.61 Å². The Kier molecular flexibility index (Phi) is 5.70. The number of rotatable bonds is 7. The van der Waals surface area contributed by atoms with Gasteiger partial charge in [-0.15, -0.1) is 11.8 Å². The minimum Gasteiger partial charge on any atom is -0.381 e. The molecule has 0 atom stereocenters. The summed E-state index contributed by atoms with van der Waals surface area (Å²) < 4.78 is 10.7. The molecule has 0 aliphatic heterocycles. The number of thioether (sulfide) groups is 1. The van der Waals surface area contributed by atoms with Crippen LogP contribution in [0.3, 0.4) is 0 Å². The lowest BCUT2D eigenvalue weighted by molar-refractivity contribution is 0.164. The van der Waals surface area contributed by atoms with Gasteiger partial charge in [0.2, 0.25) is 0 Å². The Morgan fingerprint density at radius 3 is 2.58 bits per heavy atom. The van der Waals surface area contributed by atoms with Gasteiger partial charge in [-0.25, -0.2) is 0 Å². The fraction of sp³-hybridized carbons (Fsp3) is 0.375. The van der Waals surface area contributed by atoms with Crippen molar-refractivity contribution in [2.24, 2.45) is 0 Å². The number of fused-ring (bicyclic) bond motifs is 1. The first-order valence-electron chi connectivity index (χ1n) is 6.57. The average molecular weight is 276 g/mol. The van der Waals surface area contributed by atoms with E-state index in [4.69, 9.17) is 9.47 Å². The van der Waals surface area contributed by atoms with Crippen LogP contribution in [0.5, 0.6) is 0 Å². The Balaban J connectivity index is 2.22. The number of hydrogen-bond donors (Lipinski definition) is 0. The standard InChI is InChI=1S/C16H20O2S/c1-3-18-10-11-19-16-9-8-13(12-17-2)14-6-4-5-7-15(14)16/h4-9H,3,10-12H2,1-2H3. The van der Waals surface area contributed by atoms with Crippen LogP contribution in [0.4, 0.5) is 0 Å². The molecule has 0 unspecified atom stereocenters. The molecule has 0 heterocycles. The average Bonchev–Trinajstić information content (AvgIpc) is 2.46. The molecule has 2 aromatic carbocycles. The molecule has 19 heavy (non-hydrogen) atoms. The highest BCUT2D eigenvalue weighted by molar-refractivity contribution is 7.99. The predicted molar refractivity (Wildman–Crippen MR) is 81.9 cm³/mol. The maximum atomic E-state index is 5.39. The van der Waals surface area contributed by atoms with E-state index < -0.39 is 0 Å². The fourth-order valence-corrected chi connectivity index (χ4v) is 3.01. The third kappa shape index (κ3) is 3.72. The summed E-state index contributed by atoms with van der Waals surface area (Å²) in [5.41, 5.74) is 1.24. The molecule has 0 radical (unpaired) electrons.